The van der Waals surface area contributed by atoms with E-state index in [1.165, 1.54) is 18.2 Å². The lowest BCUT2D eigenvalue weighted by atomic mass is 10.1. The minimum atomic E-state index is -0.349. The van der Waals surface area contributed by atoms with E-state index in [1.54, 1.807) is 0 Å². The normalized spacial score (nSPS) is 12.2. The Hall–Kier alpha value is -0.930. The Balaban J connectivity index is 2.76. The van der Waals surface area contributed by atoms with E-state index in [4.69, 9.17) is 23.2 Å². The van der Waals surface area contributed by atoms with Gasteiger partial charge in [0.2, 0.25) is 0 Å². The largest absolute Gasteiger partial charge is 0.507 e. The lowest BCUT2D eigenvalue weighted by Gasteiger charge is -2.13. The summed E-state index contributed by atoms with van der Waals surface area (Å²) in [6, 6.07) is 4.31. The van der Waals surface area contributed by atoms with Crippen LogP contribution in [0.2, 0.25) is 5.02 Å². The molecule has 0 aliphatic rings. The molecule has 5 heteroatoms. The second-order valence-electron chi connectivity index (χ2n) is 3.51. The van der Waals surface area contributed by atoms with Gasteiger partial charge in [-0.3, -0.25) is 4.79 Å². The predicted octanol–water partition coefficient (Wildman–Crippen LogP) is 2.79. The summed E-state index contributed by atoms with van der Waals surface area (Å²) in [5, 5.41) is 12.6. The number of aromatic hydroxyl groups is 1. The molecule has 1 atom stereocenters. The summed E-state index contributed by atoms with van der Waals surface area (Å²) < 4.78 is 0. The second kappa shape index (κ2) is 5.97. The van der Waals surface area contributed by atoms with Crippen LogP contribution in [0.1, 0.15) is 23.7 Å². The van der Waals surface area contributed by atoms with Crippen molar-refractivity contribution in [1.82, 2.24) is 5.32 Å². The van der Waals surface area contributed by atoms with Gasteiger partial charge in [-0.15, -0.1) is 11.6 Å². The third-order valence-electron chi connectivity index (χ3n) is 2.12. The van der Waals surface area contributed by atoms with Crippen molar-refractivity contribution in [3.05, 3.63) is 28.8 Å². The number of phenolic OH excluding ortho intramolecular Hbond substituents is 1. The summed E-state index contributed by atoms with van der Waals surface area (Å²) in [4.78, 5) is 11.7. The minimum Gasteiger partial charge on any atom is -0.507 e. The monoisotopic (exact) mass is 261 g/mol. The molecule has 0 radical (unpaired) electrons. The van der Waals surface area contributed by atoms with Crippen LogP contribution in [0.4, 0.5) is 0 Å². The van der Waals surface area contributed by atoms with Gasteiger partial charge >= 0.3 is 0 Å². The molecule has 1 aromatic rings. The van der Waals surface area contributed by atoms with Crippen molar-refractivity contribution in [1.29, 1.82) is 0 Å². The van der Waals surface area contributed by atoms with E-state index in [2.05, 4.69) is 5.32 Å². The van der Waals surface area contributed by atoms with Gasteiger partial charge in [-0.1, -0.05) is 11.6 Å². The number of halogens is 2. The fraction of sp³-hybridized carbons (Fsp3) is 0.364. The zero-order chi connectivity index (χ0) is 12.1. The highest BCUT2D eigenvalue weighted by molar-refractivity contribution is 6.31. The van der Waals surface area contributed by atoms with Crippen molar-refractivity contribution in [2.24, 2.45) is 0 Å². The van der Waals surface area contributed by atoms with Crippen molar-refractivity contribution in [3.8, 4) is 5.75 Å². The number of phenols is 1. The maximum atomic E-state index is 11.7. The van der Waals surface area contributed by atoms with Gasteiger partial charge in [0.25, 0.3) is 5.91 Å². The fourth-order valence-electron chi connectivity index (χ4n) is 1.23. The zero-order valence-corrected chi connectivity index (χ0v) is 10.3. The summed E-state index contributed by atoms with van der Waals surface area (Å²) in [5.74, 6) is 0.0424. The number of hydrogen-bond acceptors (Lipinski definition) is 2. The van der Waals surface area contributed by atoms with Gasteiger partial charge in [0, 0.05) is 16.9 Å². The van der Waals surface area contributed by atoms with Gasteiger partial charge in [-0.2, -0.15) is 0 Å². The number of carbonyl (C=O) groups is 1. The van der Waals surface area contributed by atoms with E-state index in [9.17, 15) is 9.90 Å². The van der Waals surface area contributed by atoms with Gasteiger partial charge in [-0.05, 0) is 31.5 Å². The van der Waals surface area contributed by atoms with Crippen LogP contribution in [-0.2, 0) is 0 Å². The van der Waals surface area contributed by atoms with Gasteiger partial charge in [-0.25, -0.2) is 0 Å². The third kappa shape index (κ3) is 3.58. The van der Waals surface area contributed by atoms with E-state index < -0.39 is 0 Å². The molecule has 1 amide bonds. The smallest absolute Gasteiger partial charge is 0.255 e. The summed E-state index contributed by atoms with van der Waals surface area (Å²) in [6.45, 7) is 1.85. The molecule has 1 rings (SSSR count). The first-order valence-corrected chi connectivity index (χ1v) is 5.81. The first-order chi connectivity index (χ1) is 7.54. The number of benzene rings is 1. The first-order valence-electron chi connectivity index (χ1n) is 4.90. The average molecular weight is 262 g/mol. The van der Waals surface area contributed by atoms with E-state index in [-0.39, 0.29) is 23.3 Å². The highest BCUT2D eigenvalue weighted by atomic mass is 35.5. The molecule has 0 bridgehead atoms. The Morgan fingerprint density at radius 1 is 1.56 bits per heavy atom. The Bertz CT molecular complexity index is 382. The van der Waals surface area contributed by atoms with E-state index >= 15 is 0 Å². The van der Waals surface area contributed by atoms with Gasteiger partial charge in [0.15, 0.2) is 0 Å². The zero-order valence-electron chi connectivity index (χ0n) is 8.84. The molecule has 0 spiro atoms. The molecular weight excluding hydrogens is 249 g/mol. The van der Waals surface area contributed by atoms with Crippen molar-refractivity contribution in [2.45, 2.75) is 19.4 Å². The van der Waals surface area contributed by atoms with Crippen LogP contribution in [0.25, 0.3) is 0 Å². The van der Waals surface area contributed by atoms with Crippen LogP contribution in [-0.4, -0.2) is 22.9 Å². The average Bonchev–Trinajstić information content (AvgIpc) is 2.21. The van der Waals surface area contributed by atoms with Crippen LogP contribution < -0.4 is 5.32 Å². The number of amides is 1. The van der Waals surface area contributed by atoms with E-state index in [1.807, 2.05) is 6.92 Å². The maximum Gasteiger partial charge on any atom is 0.255 e. The topological polar surface area (TPSA) is 49.3 Å². The van der Waals surface area contributed by atoms with Crippen LogP contribution in [0.15, 0.2) is 18.2 Å². The highest BCUT2D eigenvalue weighted by Gasteiger charge is 2.13. The molecule has 0 saturated carbocycles. The minimum absolute atomic E-state index is 0.0385. The molecule has 0 aliphatic carbocycles. The second-order valence-corrected chi connectivity index (χ2v) is 4.33. The van der Waals surface area contributed by atoms with Crippen molar-refractivity contribution in [3.63, 3.8) is 0 Å². The van der Waals surface area contributed by atoms with Gasteiger partial charge in [0.05, 0.1) is 5.56 Å². The number of nitrogens with one attached hydrogen (secondary N) is 1. The number of hydrogen-bond donors (Lipinski definition) is 2. The van der Waals surface area contributed by atoms with E-state index in [0.29, 0.717) is 17.3 Å². The quantitative estimate of drug-likeness (QED) is 0.820. The number of alkyl halides is 1. The third-order valence-corrected chi connectivity index (χ3v) is 2.58. The molecule has 0 saturated heterocycles. The lowest BCUT2D eigenvalue weighted by molar-refractivity contribution is 0.0937. The predicted molar refractivity (Wildman–Crippen MR) is 65.4 cm³/mol. The van der Waals surface area contributed by atoms with Crippen LogP contribution in [0.3, 0.4) is 0 Å². The summed E-state index contributed by atoms with van der Waals surface area (Å²) in [5.41, 5.74) is 0.175. The standard InChI is InChI=1S/C11H13Cl2NO2/c1-7(4-5-12)14-11(16)9-6-8(13)2-3-10(9)15/h2-3,6-7,15H,4-5H2,1H3,(H,14,16). The fourth-order valence-corrected chi connectivity index (χ4v) is 1.73. The molecule has 0 aromatic heterocycles. The Morgan fingerprint density at radius 3 is 2.88 bits per heavy atom. The van der Waals surface area contributed by atoms with Crippen LogP contribution in [0.5, 0.6) is 5.75 Å². The molecule has 0 fully saturated rings. The molecule has 16 heavy (non-hydrogen) atoms. The summed E-state index contributed by atoms with van der Waals surface area (Å²) in [7, 11) is 0. The van der Waals surface area contributed by atoms with Crippen molar-refractivity contribution in [2.75, 3.05) is 5.88 Å². The lowest BCUT2D eigenvalue weighted by Crippen LogP contribution is -2.32. The molecule has 3 nitrogen and oxygen atoms in total. The van der Waals surface area contributed by atoms with Gasteiger partial charge in [0.1, 0.15) is 5.75 Å². The van der Waals surface area contributed by atoms with Crippen molar-refractivity contribution >= 4 is 29.1 Å². The Labute approximate surface area is 104 Å². The molecule has 1 unspecified atom stereocenters. The van der Waals surface area contributed by atoms with Crippen LogP contribution >= 0.6 is 23.2 Å². The summed E-state index contributed by atoms with van der Waals surface area (Å²) >= 11 is 11.3. The molecule has 2 N–H and O–H groups in total. The van der Waals surface area contributed by atoms with Crippen molar-refractivity contribution < 1.29 is 9.90 Å². The van der Waals surface area contributed by atoms with E-state index in [0.717, 1.165) is 0 Å². The SMILES string of the molecule is CC(CCCl)NC(=O)c1cc(Cl)ccc1O. The maximum absolute atomic E-state index is 11.7. The highest BCUT2D eigenvalue weighted by Crippen LogP contribution is 2.21. The molecule has 88 valence electrons. The van der Waals surface area contributed by atoms with Gasteiger partial charge < -0.3 is 10.4 Å². The number of rotatable bonds is 4. The molecule has 0 aliphatic heterocycles. The Morgan fingerprint density at radius 2 is 2.25 bits per heavy atom. The molecule has 1 aromatic carbocycles. The Kier molecular flexibility index (Phi) is 4.90. The molecular formula is C11H13Cl2NO2. The summed E-state index contributed by atoms with van der Waals surface area (Å²) in [6.07, 6.45) is 0.675. The van der Waals surface area contributed by atoms with Crippen LogP contribution in [0, 0.1) is 0 Å². The number of carbonyl (C=O) groups excluding carboxylic acids is 1. The first kappa shape index (κ1) is 13.1. The molecule has 0 heterocycles.